The molecule has 5 atom stereocenters. The largest absolute Gasteiger partial charge is 0.393 e. The molecule has 0 aromatic heterocycles. The maximum absolute atomic E-state index is 11.7. The van der Waals surface area contributed by atoms with Crippen molar-refractivity contribution in [3.05, 3.63) is 0 Å². The quantitative estimate of drug-likeness (QED) is 0.536. The number of aliphatic hydroxyl groups excluding tert-OH is 1. The van der Waals surface area contributed by atoms with Gasteiger partial charge in [0, 0.05) is 0 Å². The molecule has 6 nitrogen and oxygen atoms in total. The van der Waals surface area contributed by atoms with E-state index < -0.39 is 48.9 Å². The first-order valence-electron chi connectivity index (χ1n) is 5.32. The summed E-state index contributed by atoms with van der Waals surface area (Å²) >= 11 is 0. The molecule has 1 heterocycles. The van der Waals surface area contributed by atoms with E-state index in [1.165, 1.54) is 27.7 Å². The van der Waals surface area contributed by atoms with Crippen LogP contribution in [-0.2, 0) is 25.0 Å². The van der Waals surface area contributed by atoms with Gasteiger partial charge in [0.25, 0.3) is 10.1 Å². The van der Waals surface area contributed by atoms with Gasteiger partial charge in [0.1, 0.15) is 10.7 Å². The Labute approximate surface area is 103 Å². The molecule has 1 aliphatic heterocycles. The second kappa shape index (κ2) is 4.49. The lowest BCUT2D eigenvalue weighted by atomic mass is 9.73. The van der Waals surface area contributed by atoms with Crippen molar-refractivity contribution in [2.75, 3.05) is 0 Å². The lowest BCUT2D eigenvalue weighted by Gasteiger charge is -2.39. The van der Waals surface area contributed by atoms with E-state index in [-0.39, 0.29) is 0 Å². The second-order valence-corrected chi connectivity index (χ2v) is 7.74. The van der Waals surface area contributed by atoms with E-state index in [0.29, 0.717) is 0 Å². The molecule has 1 rings (SSSR count). The van der Waals surface area contributed by atoms with Crippen LogP contribution in [0.25, 0.3) is 0 Å². The maximum atomic E-state index is 11.7. The maximum Gasteiger partial charge on any atom is 0.271 e. The molecular weight excluding hydrogens is 268 g/mol. The van der Waals surface area contributed by atoms with Gasteiger partial charge in [-0.3, -0.25) is 4.18 Å². The summed E-state index contributed by atoms with van der Waals surface area (Å²) in [5.41, 5.74) is -1.33. The minimum Gasteiger partial charge on any atom is -0.393 e. The normalized spacial score (nSPS) is 40.4. The van der Waals surface area contributed by atoms with Crippen molar-refractivity contribution in [2.24, 2.45) is 5.41 Å². The van der Waals surface area contributed by atoms with Gasteiger partial charge in [-0.2, -0.15) is 8.42 Å². The van der Waals surface area contributed by atoms with Crippen molar-refractivity contribution in [1.82, 2.24) is 0 Å². The standard InChI is InChI=1S/C9H18O6S2/c1-5(10)9(7(3)16(11)12)6(2)15-17(13,14)8(9)4/h5-8,10,16H,1-4H3. The average Bonchev–Trinajstić information content (AvgIpc) is 2.33. The van der Waals surface area contributed by atoms with Crippen LogP contribution in [0.3, 0.4) is 0 Å². The van der Waals surface area contributed by atoms with Crippen molar-refractivity contribution in [1.29, 1.82) is 0 Å². The summed E-state index contributed by atoms with van der Waals surface area (Å²) in [7, 11) is -6.69. The molecule has 1 N–H and O–H groups in total. The van der Waals surface area contributed by atoms with E-state index in [1.807, 2.05) is 0 Å². The fourth-order valence-electron chi connectivity index (χ4n) is 2.84. The molecule has 0 amide bonds. The SMILES string of the molecule is CC(O)C1(C(C)[SH](=O)=O)C(C)OS(=O)(=O)C1C. The Morgan fingerprint density at radius 3 is 2.00 bits per heavy atom. The average molecular weight is 286 g/mol. The first kappa shape index (κ1) is 14.9. The van der Waals surface area contributed by atoms with Crippen molar-refractivity contribution >= 4 is 20.8 Å². The number of rotatable bonds is 3. The topological polar surface area (TPSA) is 97.7 Å². The van der Waals surface area contributed by atoms with Gasteiger partial charge in [-0.1, -0.05) is 0 Å². The van der Waals surface area contributed by atoms with Crippen LogP contribution in [0, 0.1) is 5.41 Å². The zero-order valence-electron chi connectivity index (χ0n) is 10.2. The van der Waals surface area contributed by atoms with E-state index >= 15 is 0 Å². The summed E-state index contributed by atoms with van der Waals surface area (Å²) in [6.07, 6.45) is -1.97. The van der Waals surface area contributed by atoms with Gasteiger partial charge in [-0.15, -0.1) is 0 Å². The molecule has 0 aliphatic carbocycles. The Morgan fingerprint density at radius 1 is 1.29 bits per heavy atom. The van der Waals surface area contributed by atoms with E-state index in [9.17, 15) is 21.9 Å². The number of aliphatic hydroxyl groups is 1. The third kappa shape index (κ3) is 2.00. The first-order valence-corrected chi connectivity index (χ1v) is 8.04. The Hall–Kier alpha value is -0.180. The first-order chi connectivity index (χ1) is 7.58. The molecular formula is C9H18O6S2. The number of hydrogen-bond donors (Lipinski definition) is 2. The molecule has 1 saturated heterocycles. The van der Waals surface area contributed by atoms with Crippen LogP contribution >= 0.6 is 0 Å². The number of thiol groups is 1. The van der Waals surface area contributed by atoms with E-state index in [0.717, 1.165) is 0 Å². The molecule has 0 aromatic carbocycles. The molecule has 0 spiro atoms. The van der Waals surface area contributed by atoms with Gasteiger partial charge in [0.2, 0.25) is 0 Å². The third-order valence-corrected chi connectivity index (χ3v) is 6.79. The Bertz CT molecular complexity index is 458. The van der Waals surface area contributed by atoms with Crippen LogP contribution in [0.5, 0.6) is 0 Å². The molecule has 0 saturated carbocycles. The van der Waals surface area contributed by atoms with Crippen LogP contribution in [-0.4, -0.2) is 44.6 Å². The molecule has 0 radical (unpaired) electrons. The van der Waals surface area contributed by atoms with E-state index in [1.54, 1.807) is 0 Å². The van der Waals surface area contributed by atoms with Gasteiger partial charge < -0.3 is 5.11 Å². The minimum atomic E-state index is -3.83. The van der Waals surface area contributed by atoms with Crippen LogP contribution in [0.1, 0.15) is 27.7 Å². The lowest BCUT2D eigenvalue weighted by Crippen LogP contribution is -2.54. The Kier molecular flexibility index (Phi) is 3.93. The van der Waals surface area contributed by atoms with Crippen LogP contribution < -0.4 is 0 Å². The second-order valence-electron chi connectivity index (χ2n) is 4.51. The molecule has 1 aliphatic rings. The summed E-state index contributed by atoms with van der Waals surface area (Å²) in [5.74, 6) is 0. The zero-order chi connectivity index (χ0) is 13.6. The third-order valence-electron chi connectivity index (χ3n) is 3.88. The highest BCUT2D eigenvalue weighted by molar-refractivity contribution is 7.87. The fraction of sp³-hybridized carbons (Fsp3) is 1.00. The van der Waals surface area contributed by atoms with Crippen LogP contribution in [0.4, 0.5) is 0 Å². The summed E-state index contributed by atoms with van der Waals surface area (Å²) in [6, 6.07) is 0. The van der Waals surface area contributed by atoms with Crippen molar-refractivity contribution in [3.8, 4) is 0 Å². The molecule has 17 heavy (non-hydrogen) atoms. The van der Waals surface area contributed by atoms with Crippen molar-refractivity contribution in [3.63, 3.8) is 0 Å². The molecule has 8 heteroatoms. The highest BCUT2D eigenvalue weighted by Gasteiger charge is 2.62. The number of hydrogen-bond acceptors (Lipinski definition) is 6. The summed E-state index contributed by atoms with van der Waals surface area (Å²) in [6.45, 7) is 5.64. The zero-order valence-corrected chi connectivity index (χ0v) is 11.9. The molecule has 5 unspecified atom stereocenters. The summed E-state index contributed by atoms with van der Waals surface area (Å²) in [4.78, 5) is 0. The predicted molar refractivity (Wildman–Crippen MR) is 62.8 cm³/mol. The van der Waals surface area contributed by atoms with Gasteiger partial charge >= 0.3 is 0 Å². The summed E-state index contributed by atoms with van der Waals surface area (Å²) < 4.78 is 50.6. The minimum absolute atomic E-state index is 0.870. The van der Waals surface area contributed by atoms with Crippen molar-refractivity contribution in [2.45, 2.75) is 50.4 Å². The Morgan fingerprint density at radius 2 is 1.76 bits per heavy atom. The predicted octanol–water partition coefficient (Wildman–Crippen LogP) is -0.510. The van der Waals surface area contributed by atoms with Gasteiger partial charge in [-0.25, -0.2) is 8.42 Å². The van der Waals surface area contributed by atoms with E-state index in [2.05, 4.69) is 0 Å². The van der Waals surface area contributed by atoms with Crippen LogP contribution in [0.2, 0.25) is 0 Å². The van der Waals surface area contributed by atoms with Crippen molar-refractivity contribution < 1.29 is 26.1 Å². The molecule has 0 aromatic rings. The van der Waals surface area contributed by atoms with Gasteiger partial charge in [-0.05, 0) is 27.7 Å². The fourth-order valence-corrected chi connectivity index (χ4v) is 5.78. The molecule has 102 valence electrons. The highest BCUT2D eigenvalue weighted by Crippen LogP contribution is 2.47. The Balaban J connectivity index is 3.45. The summed E-state index contributed by atoms with van der Waals surface area (Å²) in [5, 5.41) is 7.83. The highest BCUT2D eigenvalue weighted by atomic mass is 32.2. The van der Waals surface area contributed by atoms with Crippen LogP contribution in [0.15, 0.2) is 0 Å². The smallest absolute Gasteiger partial charge is 0.271 e. The van der Waals surface area contributed by atoms with E-state index in [4.69, 9.17) is 4.18 Å². The van der Waals surface area contributed by atoms with Gasteiger partial charge in [0.05, 0.1) is 28.1 Å². The van der Waals surface area contributed by atoms with Gasteiger partial charge in [0.15, 0.2) is 0 Å². The molecule has 0 bridgehead atoms. The monoisotopic (exact) mass is 286 g/mol. The molecule has 1 fully saturated rings. The lowest BCUT2D eigenvalue weighted by molar-refractivity contribution is -0.0146.